The number of rotatable bonds is 2. The van der Waals surface area contributed by atoms with Crippen molar-refractivity contribution in [2.45, 2.75) is 86.8 Å². The van der Waals surface area contributed by atoms with E-state index in [1.807, 2.05) is 0 Å². The van der Waals surface area contributed by atoms with Crippen LogP contribution < -0.4 is 0 Å². The van der Waals surface area contributed by atoms with Gasteiger partial charge in [-0.1, -0.05) is 27.7 Å². The molecule has 0 aromatic heterocycles. The number of hydrogen-bond donors (Lipinski definition) is 0. The summed E-state index contributed by atoms with van der Waals surface area (Å²) < 4.78 is 67.1. The molecular formula is C24H26BaO6S2. The Bertz CT molecular complexity index is 1290. The molecule has 0 N–H and O–H groups in total. The minimum atomic E-state index is -4.31. The normalized spacial score (nSPS) is 25.6. The molecule has 0 heterocycles. The van der Waals surface area contributed by atoms with E-state index in [-0.39, 0.29) is 58.7 Å². The summed E-state index contributed by atoms with van der Waals surface area (Å²) in [4.78, 5) is 0.0665. The van der Waals surface area contributed by atoms with Gasteiger partial charge in [0.25, 0.3) is 0 Å². The van der Waals surface area contributed by atoms with Gasteiger partial charge in [-0.25, -0.2) is 16.8 Å². The van der Waals surface area contributed by atoms with Gasteiger partial charge >= 0.3 is 48.9 Å². The Kier molecular flexibility index (Phi) is 6.64. The third kappa shape index (κ3) is 4.03. The van der Waals surface area contributed by atoms with Crippen LogP contribution in [0, 0.1) is 0 Å². The van der Waals surface area contributed by atoms with E-state index in [2.05, 4.69) is 27.7 Å². The number of hydrogen-bond acceptors (Lipinski definition) is 6. The Morgan fingerprint density at radius 1 is 0.606 bits per heavy atom. The van der Waals surface area contributed by atoms with Gasteiger partial charge in [0, 0.05) is 0 Å². The third-order valence-electron chi connectivity index (χ3n) is 7.79. The molecule has 6 nitrogen and oxygen atoms in total. The van der Waals surface area contributed by atoms with E-state index in [1.165, 1.54) is 11.1 Å². The zero-order valence-corrected chi connectivity index (χ0v) is 25.3. The maximum Gasteiger partial charge on any atom is 2.00 e. The zero-order valence-electron chi connectivity index (χ0n) is 19.3. The maximum atomic E-state index is 11.2. The minimum Gasteiger partial charge on any atom is -0.744 e. The van der Waals surface area contributed by atoms with Crippen molar-refractivity contribution < 1.29 is 25.9 Å². The monoisotopic (exact) mass is 612 g/mol. The summed E-state index contributed by atoms with van der Waals surface area (Å²) in [5, 5.41) is 0. The van der Waals surface area contributed by atoms with Crippen LogP contribution in [-0.2, 0) is 45.9 Å². The summed E-state index contributed by atoms with van der Waals surface area (Å²) in [5.74, 6) is 1.62. The molecular weight excluding hydrogens is 586 g/mol. The average Bonchev–Trinajstić information content (AvgIpc) is 2.63. The summed E-state index contributed by atoms with van der Waals surface area (Å²) in [6.45, 7) is 8.32. The first-order valence-electron chi connectivity index (χ1n) is 11.1. The van der Waals surface area contributed by atoms with Gasteiger partial charge in [0.15, 0.2) is 0 Å². The standard InChI is InChI=1S/2C12H14O3S.Ba/c2*1-6-3-9-8(6)5-11(16(13,14)15)10-4-7(2)12(9)10;/h2*5-7H,3-4H2,1-2H3,(H,13,14,15);/q;;+2/p-2. The molecule has 4 atom stereocenters. The molecule has 2 aromatic carbocycles. The molecule has 0 spiro atoms. The van der Waals surface area contributed by atoms with Crippen molar-refractivity contribution in [3.63, 3.8) is 0 Å². The van der Waals surface area contributed by atoms with Gasteiger partial charge in [0.2, 0.25) is 0 Å². The molecule has 0 amide bonds. The fraction of sp³-hybridized carbons (Fsp3) is 0.500. The van der Waals surface area contributed by atoms with Crippen LogP contribution in [0.4, 0.5) is 0 Å². The van der Waals surface area contributed by atoms with Crippen LogP contribution in [0.5, 0.6) is 0 Å². The van der Waals surface area contributed by atoms with Crippen LogP contribution in [0.2, 0.25) is 0 Å². The molecule has 0 radical (unpaired) electrons. The van der Waals surface area contributed by atoms with E-state index in [9.17, 15) is 25.9 Å². The third-order valence-corrected chi connectivity index (χ3v) is 9.60. The fourth-order valence-electron chi connectivity index (χ4n) is 6.09. The van der Waals surface area contributed by atoms with Crippen molar-refractivity contribution in [3.05, 3.63) is 56.6 Å². The quantitative estimate of drug-likeness (QED) is 0.380. The minimum absolute atomic E-state index is 0. The van der Waals surface area contributed by atoms with Crippen molar-refractivity contribution in [2.24, 2.45) is 0 Å². The second kappa shape index (κ2) is 8.45. The van der Waals surface area contributed by atoms with E-state index in [0.29, 0.717) is 23.7 Å². The molecule has 4 aliphatic rings. The van der Waals surface area contributed by atoms with Crippen molar-refractivity contribution >= 4 is 69.1 Å². The van der Waals surface area contributed by atoms with Gasteiger partial charge in [-0.05, 0) is 106 Å². The van der Waals surface area contributed by atoms with Gasteiger partial charge in [-0.2, -0.15) is 0 Å². The topological polar surface area (TPSA) is 114 Å². The average molecular weight is 612 g/mol. The van der Waals surface area contributed by atoms with Crippen LogP contribution in [0.25, 0.3) is 0 Å². The number of fused-ring (bicyclic) bond motifs is 6. The van der Waals surface area contributed by atoms with E-state index >= 15 is 0 Å². The SMILES string of the molecule is CC1Cc2c1cc(S(=O)(=O)[O-])c1c2C(C)C1.CC1Cc2c1cc(S(=O)(=O)[O-])c1c2C(C)C1.[Ba+2]. The first-order chi connectivity index (χ1) is 14.8. The van der Waals surface area contributed by atoms with Gasteiger partial charge in [0.1, 0.15) is 20.2 Å². The number of benzene rings is 2. The predicted octanol–water partition coefficient (Wildman–Crippen LogP) is 3.44. The Morgan fingerprint density at radius 3 is 1.15 bits per heavy atom. The van der Waals surface area contributed by atoms with Gasteiger partial charge < -0.3 is 9.11 Å². The van der Waals surface area contributed by atoms with Crippen molar-refractivity contribution in [3.8, 4) is 0 Å². The Labute approximate surface area is 236 Å². The van der Waals surface area contributed by atoms with Gasteiger partial charge in [-0.3, -0.25) is 0 Å². The molecule has 6 rings (SSSR count). The first kappa shape index (κ1) is 25.9. The molecule has 4 unspecified atom stereocenters. The Balaban J connectivity index is 0.000000152. The second-order valence-electron chi connectivity index (χ2n) is 10.00. The Hall–Kier alpha value is -0.169. The van der Waals surface area contributed by atoms with E-state index in [4.69, 9.17) is 0 Å². The molecule has 0 saturated carbocycles. The second-order valence-corrected chi connectivity index (χ2v) is 12.7. The summed E-state index contributed by atoms with van der Waals surface area (Å²) in [6, 6.07) is 3.22. The predicted molar refractivity (Wildman–Crippen MR) is 123 cm³/mol. The van der Waals surface area contributed by atoms with E-state index in [1.54, 1.807) is 12.1 Å². The van der Waals surface area contributed by atoms with Crippen LogP contribution in [-0.4, -0.2) is 74.8 Å². The molecule has 33 heavy (non-hydrogen) atoms. The first-order valence-corrected chi connectivity index (χ1v) is 13.9. The molecule has 9 heteroatoms. The van der Waals surface area contributed by atoms with E-state index in [0.717, 1.165) is 59.1 Å². The Morgan fingerprint density at radius 2 is 0.909 bits per heavy atom. The molecule has 0 aliphatic heterocycles. The largest absolute Gasteiger partial charge is 2.00 e. The summed E-state index contributed by atoms with van der Waals surface area (Å²) in [5.41, 5.74) is 8.60. The van der Waals surface area contributed by atoms with E-state index < -0.39 is 20.2 Å². The van der Waals surface area contributed by atoms with Crippen LogP contribution in [0.15, 0.2) is 21.9 Å². The van der Waals surface area contributed by atoms with Crippen LogP contribution >= 0.6 is 0 Å². The zero-order chi connectivity index (χ0) is 23.3. The van der Waals surface area contributed by atoms with Crippen LogP contribution in [0.1, 0.15) is 95.9 Å². The molecule has 2 aromatic rings. The van der Waals surface area contributed by atoms with Gasteiger partial charge in [0.05, 0.1) is 9.79 Å². The molecule has 0 fully saturated rings. The smallest absolute Gasteiger partial charge is 0.744 e. The van der Waals surface area contributed by atoms with Crippen molar-refractivity contribution in [2.75, 3.05) is 0 Å². The van der Waals surface area contributed by atoms with Crippen molar-refractivity contribution in [1.82, 2.24) is 0 Å². The molecule has 0 bridgehead atoms. The van der Waals surface area contributed by atoms with Crippen molar-refractivity contribution in [1.29, 1.82) is 0 Å². The van der Waals surface area contributed by atoms with Gasteiger partial charge in [-0.15, -0.1) is 0 Å². The summed E-state index contributed by atoms with van der Waals surface area (Å²) in [6.07, 6.45) is 3.52. The summed E-state index contributed by atoms with van der Waals surface area (Å²) in [7, 11) is -8.61. The maximum absolute atomic E-state index is 11.2. The molecule has 0 saturated heterocycles. The fourth-order valence-corrected chi connectivity index (χ4v) is 7.62. The molecule has 4 aliphatic carbocycles. The molecule has 172 valence electrons. The summed E-state index contributed by atoms with van der Waals surface area (Å²) >= 11 is 0. The van der Waals surface area contributed by atoms with Crippen LogP contribution in [0.3, 0.4) is 0 Å².